The number of rotatable bonds is 11. The molecule has 1 heterocycles. The van der Waals surface area contributed by atoms with Crippen molar-refractivity contribution in [3.8, 4) is 0 Å². The van der Waals surface area contributed by atoms with Crippen molar-refractivity contribution in [1.82, 2.24) is 15.1 Å². The molecule has 1 aliphatic heterocycles. The van der Waals surface area contributed by atoms with E-state index in [0.717, 1.165) is 58.5 Å². The van der Waals surface area contributed by atoms with Gasteiger partial charge in [0.15, 0.2) is 0 Å². The normalized spacial score (nSPS) is 16.1. The van der Waals surface area contributed by atoms with Crippen LogP contribution in [0.25, 0.3) is 0 Å². The van der Waals surface area contributed by atoms with Crippen LogP contribution >= 0.6 is 0 Å². The average molecular weight is 325 g/mol. The number of likely N-dealkylation sites (N-methyl/N-ethyl adjacent to an activating group) is 1. The molecular weight excluding hydrogens is 290 g/mol. The van der Waals surface area contributed by atoms with Gasteiger partial charge in [0.25, 0.3) is 0 Å². The lowest BCUT2D eigenvalue weighted by molar-refractivity contribution is -0.132. The van der Waals surface area contributed by atoms with Gasteiger partial charge in [0.2, 0.25) is 5.91 Å². The second-order valence-electron chi connectivity index (χ2n) is 6.79. The number of Topliss-reactive ketones (excluding diaryl/α,β-unsaturated/α-hetero) is 1. The van der Waals surface area contributed by atoms with Crippen LogP contribution < -0.4 is 5.32 Å². The van der Waals surface area contributed by atoms with Crippen molar-refractivity contribution in [2.75, 3.05) is 45.8 Å². The number of amides is 1. The van der Waals surface area contributed by atoms with E-state index in [1.165, 1.54) is 12.8 Å². The van der Waals surface area contributed by atoms with Gasteiger partial charge in [-0.05, 0) is 25.9 Å². The van der Waals surface area contributed by atoms with E-state index in [4.69, 9.17) is 0 Å². The van der Waals surface area contributed by atoms with E-state index in [0.29, 0.717) is 12.3 Å². The molecule has 0 atom stereocenters. The number of nitrogens with one attached hydrogen (secondary N) is 1. The zero-order chi connectivity index (χ0) is 17.1. The molecule has 0 radical (unpaired) electrons. The molecule has 5 nitrogen and oxygen atoms in total. The number of ketones is 1. The maximum absolute atomic E-state index is 11.9. The van der Waals surface area contributed by atoms with Crippen LogP contribution in [0.1, 0.15) is 52.9 Å². The van der Waals surface area contributed by atoms with Gasteiger partial charge >= 0.3 is 0 Å². The Morgan fingerprint density at radius 1 is 1.00 bits per heavy atom. The lowest BCUT2D eigenvalue weighted by Crippen LogP contribution is -2.50. The highest BCUT2D eigenvalue weighted by atomic mass is 16.2. The third kappa shape index (κ3) is 8.47. The van der Waals surface area contributed by atoms with Crippen LogP contribution in [0.15, 0.2) is 0 Å². The molecule has 1 fully saturated rings. The summed E-state index contributed by atoms with van der Waals surface area (Å²) in [6.45, 7) is 12.1. The zero-order valence-electron chi connectivity index (χ0n) is 15.3. The number of hydrogen-bond donors (Lipinski definition) is 1. The van der Waals surface area contributed by atoms with Crippen molar-refractivity contribution in [2.24, 2.45) is 5.92 Å². The summed E-state index contributed by atoms with van der Waals surface area (Å²) in [5, 5.41) is 3.10. The van der Waals surface area contributed by atoms with Crippen LogP contribution in [0.5, 0.6) is 0 Å². The van der Waals surface area contributed by atoms with E-state index in [1.807, 2.05) is 25.7 Å². The largest absolute Gasteiger partial charge is 0.339 e. The number of carbonyl (C=O) groups is 2. The van der Waals surface area contributed by atoms with E-state index < -0.39 is 0 Å². The van der Waals surface area contributed by atoms with Gasteiger partial charge < -0.3 is 10.2 Å². The minimum Gasteiger partial charge on any atom is -0.339 e. The van der Waals surface area contributed by atoms with Gasteiger partial charge in [-0.25, -0.2) is 0 Å². The van der Waals surface area contributed by atoms with E-state index in [1.54, 1.807) is 0 Å². The lowest BCUT2D eigenvalue weighted by Gasteiger charge is -2.34. The standard InChI is InChI=1S/C18H35N3O2/c1-4-19-15-18(23)21-13-11-20(12-14-21)10-8-6-5-7-9-17(22)16(2)3/h16,19H,4-15H2,1-3H3. The molecule has 1 rings (SSSR count). The Kier molecular flexibility index (Phi) is 10.1. The molecule has 5 heteroatoms. The zero-order valence-corrected chi connectivity index (χ0v) is 15.3. The van der Waals surface area contributed by atoms with Gasteiger partial charge in [0.1, 0.15) is 5.78 Å². The molecule has 23 heavy (non-hydrogen) atoms. The van der Waals surface area contributed by atoms with Gasteiger partial charge in [0, 0.05) is 38.5 Å². The predicted molar refractivity (Wildman–Crippen MR) is 94.5 cm³/mol. The quantitative estimate of drug-likeness (QED) is 0.590. The Balaban J connectivity index is 2.02. The van der Waals surface area contributed by atoms with E-state index in [2.05, 4.69) is 10.2 Å². The Morgan fingerprint density at radius 3 is 2.26 bits per heavy atom. The highest BCUT2D eigenvalue weighted by molar-refractivity contribution is 5.80. The van der Waals surface area contributed by atoms with Crippen molar-refractivity contribution in [1.29, 1.82) is 0 Å². The molecule has 1 aliphatic rings. The summed E-state index contributed by atoms with van der Waals surface area (Å²) in [6, 6.07) is 0. The van der Waals surface area contributed by atoms with Crippen molar-refractivity contribution >= 4 is 11.7 Å². The molecule has 1 N–H and O–H groups in total. The van der Waals surface area contributed by atoms with Crippen LogP contribution in [0, 0.1) is 5.92 Å². The van der Waals surface area contributed by atoms with E-state index in [9.17, 15) is 9.59 Å². The summed E-state index contributed by atoms with van der Waals surface area (Å²) in [4.78, 5) is 27.9. The number of carbonyl (C=O) groups excluding carboxylic acids is 2. The smallest absolute Gasteiger partial charge is 0.236 e. The molecule has 1 saturated heterocycles. The Hall–Kier alpha value is -0.940. The molecule has 0 aromatic heterocycles. The van der Waals surface area contributed by atoms with Crippen molar-refractivity contribution in [3.05, 3.63) is 0 Å². The second kappa shape index (κ2) is 11.6. The monoisotopic (exact) mass is 325 g/mol. The van der Waals surface area contributed by atoms with Crippen LogP contribution in [-0.4, -0.2) is 67.3 Å². The van der Waals surface area contributed by atoms with Crippen molar-refractivity contribution in [2.45, 2.75) is 52.9 Å². The molecule has 0 saturated carbocycles. The Bertz CT molecular complexity index is 350. The summed E-state index contributed by atoms with van der Waals surface area (Å²) < 4.78 is 0. The van der Waals surface area contributed by atoms with Crippen molar-refractivity contribution < 1.29 is 9.59 Å². The number of piperazine rings is 1. The van der Waals surface area contributed by atoms with Gasteiger partial charge in [-0.1, -0.05) is 33.6 Å². The molecule has 134 valence electrons. The molecular formula is C18H35N3O2. The molecule has 0 aromatic carbocycles. The van der Waals surface area contributed by atoms with Crippen LogP contribution in [0.3, 0.4) is 0 Å². The predicted octanol–water partition coefficient (Wildman–Crippen LogP) is 1.92. The van der Waals surface area contributed by atoms with Gasteiger partial charge in [-0.3, -0.25) is 14.5 Å². The maximum Gasteiger partial charge on any atom is 0.236 e. The molecule has 0 aromatic rings. The van der Waals surface area contributed by atoms with Gasteiger partial charge in [-0.2, -0.15) is 0 Å². The molecule has 1 amide bonds. The molecule has 0 spiro atoms. The van der Waals surface area contributed by atoms with Crippen LogP contribution in [0.2, 0.25) is 0 Å². The van der Waals surface area contributed by atoms with Crippen LogP contribution in [-0.2, 0) is 9.59 Å². The summed E-state index contributed by atoms with van der Waals surface area (Å²) in [7, 11) is 0. The third-order valence-corrected chi connectivity index (χ3v) is 4.54. The van der Waals surface area contributed by atoms with Crippen LogP contribution in [0.4, 0.5) is 0 Å². The Labute approximate surface area is 141 Å². The second-order valence-corrected chi connectivity index (χ2v) is 6.79. The highest BCUT2D eigenvalue weighted by Gasteiger charge is 2.20. The lowest BCUT2D eigenvalue weighted by atomic mass is 10.0. The first-order valence-electron chi connectivity index (χ1n) is 9.28. The maximum atomic E-state index is 11.9. The molecule has 0 unspecified atom stereocenters. The SMILES string of the molecule is CCNCC(=O)N1CCN(CCCCCCC(=O)C(C)C)CC1. The molecule has 0 bridgehead atoms. The number of unbranched alkanes of at least 4 members (excludes halogenated alkanes) is 3. The fourth-order valence-corrected chi connectivity index (χ4v) is 2.84. The first-order valence-corrected chi connectivity index (χ1v) is 9.28. The first kappa shape index (κ1) is 20.1. The first-order chi connectivity index (χ1) is 11.0. The minimum absolute atomic E-state index is 0.182. The average Bonchev–Trinajstić information content (AvgIpc) is 2.55. The number of hydrogen-bond acceptors (Lipinski definition) is 4. The topological polar surface area (TPSA) is 52.7 Å². The highest BCUT2D eigenvalue weighted by Crippen LogP contribution is 2.09. The fourth-order valence-electron chi connectivity index (χ4n) is 2.84. The minimum atomic E-state index is 0.182. The summed E-state index contributed by atoms with van der Waals surface area (Å²) in [6.07, 6.45) is 5.32. The third-order valence-electron chi connectivity index (χ3n) is 4.54. The fraction of sp³-hybridized carbons (Fsp3) is 0.889. The van der Waals surface area contributed by atoms with Gasteiger partial charge in [0.05, 0.1) is 6.54 Å². The van der Waals surface area contributed by atoms with E-state index >= 15 is 0 Å². The summed E-state index contributed by atoms with van der Waals surface area (Å²) in [5.74, 6) is 0.797. The van der Waals surface area contributed by atoms with Gasteiger partial charge in [-0.15, -0.1) is 0 Å². The van der Waals surface area contributed by atoms with Crippen molar-refractivity contribution in [3.63, 3.8) is 0 Å². The molecule has 0 aliphatic carbocycles. The summed E-state index contributed by atoms with van der Waals surface area (Å²) >= 11 is 0. The summed E-state index contributed by atoms with van der Waals surface area (Å²) in [5.41, 5.74) is 0. The number of nitrogens with zero attached hydrogens (tertiary/aromatic N) is 2. The Morgan fingerprint density at radius 2 is 1.65 bits per heavy atom. The van der Waals surface area contributed by atoms with E-state index in [-0.39, 0.29) is 11.8 Å².